The normalized spacial score (nSPS) is 11.0. The lowest BCUT2D eigenvalue weighted by Crippen LogP contribution is -2.36. The highest BCUT2D eigenvalue weighted by atomic mass is 127. The van der Waals surface area contributed by atoms with Gasteiger partial charge in [0.05, 0.1) is 12.1 Å². The van der Waals surface area contributed by atoms with Gasteiger partial charge in [-0.05, 0) is 46.4 Å². The fourth-order valence-electron chi connectivity index (χ4n) is 1.96. The zero-order valence-corrected chi connectivity index (χ0v) is 16.0. The Bertz CT molecular complexity index is 815. The second-order valence-corrected chi connectivity index (χ2v) is 6.51. The molecule has 0 unspecified atom stereocenters. The highest BCUT2D eigenvalue weighted by Crippen LogP contribution is 2.17. The first-order valence-corrected chi connectivity index (χ1v) is 8.76. The van der Waals surface area contributed by atoms with Gasteiger partial charge in [-0.2, -0.15) is 13.2 Å². The fraction of sp³-hybridized carbons (Fsp3) is 0.235. The average molecular weight is 493 g/mol. The van der Waals surface area contributed by atoms with Crippen molar-refractivity contribution in [2.75, 3.05) is 13.2 Å². The maximum absolute atomic E-state index is 12.1. The predicted octanol–water partition coefficient (Wildman–Crippen LogP) is 2.67. The van der Waals surface area contributed by atoms with Gasteiger partial charge in [-0.15, -0.1) is 0 Å². The molecule has 0 saturated heterocycles. The molecular formula is C17H15F3IN3O3. The van der Waals surface area contributed by atoms with E-state index in [1.807, 2.05) is 22.6 Å². The molecule has 1 aromatic heterocycles. The molecule has 6 nitrogen and oxygen atoms in total. The second kappa shape index (κ2) is 9.53. The largest absolute Gasteiger partial charge is 0.468 e. The Kier molecular flexibility index (Phi) is 7.39. The summed E-state index contributed by atoms with van der Waals surface area (Å²) >= 11 is 2.02. The van der Waals surface area contributed by atoms with E-state index in [4.69, 9.17) is 0 Å². The van der Waals surface area contributed by atoms with E-state index in [2.05, 4.69) is 20.4 Å². The lowest BCUT2D eigenvalue weighted by Gasteiger charge is -2.10. The van der Waals surface area contributed by atoms with Crippen molar-refractivity contribution in [3.63, 3.8) is 0 Å². The molecule has 0 aliphatic heterocycles. The Hall–Kier alpha value is -2.37. The third-order valence-corrected chi connectivity index (χ3v) is 4.14. The number of rotatable bonds is 7. The van der Waals surface area contributed by atoms with Crippen molar-refractivity contribution >= 4 is 34.4 Å². The number of carbonyl (C=O) groups excluding carboxylic acids is 2. The summed E-state index contributed by atoms with van der Waals surface area (Å²) in [4.78, 5) is 27.6. The summed E-state index contributed by atoms with van der Waals surface area (Å²) in [5.41, 5.74) is 0.978. The van der Waals surface area contributed by atoms with Crippen LogP contribution in [0, 0.1) is 3.57 Å². The van der Waals surface area contributed by atoms with Crippen LogP contribution in [0.4, 0.5) is 13.2 Å². The molecular weight excluding hydrogens is 478 g/mol. The predicted molar refractivity (Wildman–Crippen MR) is 99.1 cm³/mol. The molecule has 0 aliphatic carbocycles. The summed E-state index contributed by atoms with van der Waals surface area (Å²) in [6.45, 7) is -1.62. The topological polar surface area (TPSA) is 80.3 Å². The number of halogens is 4. The van der Waals surface area contributed by atoms with Crippen LogP contribution >= 0.6 is 22.6 Å². The maximum atomic E-state index is 12.1. The lowest BCUT2D eigenvalue weighted by atomic mass is 10.2. The minimum absolute atomic E-state index is 0.0580. The van der Waals surface area contributed by atoms with Crippen LogP contribution in [0.5, 0.6) is 5.88 Å². The van der Waals surface area contributed by atoms with E-state index < -0.39 is 18.7 Å². The smallest absolute Gasteiger partial charge is 0.422 e. The van der Waals surface area contributed by atoms with Gasteiger partial charge in [-0.3, -0.25) is 9.59 Å². The van der Waals surface area contributed by atoms with E-state index in [0.29, 0.717) is 11.1 Å². The first kappa shape index (κ1) is 20.9. The Balaban J connectivity index is 1.80. The highest BCUT2D eigenvalue weighted by Gasteiger charge is 2.28. The first-order chi connectivity index (χ1) is 12.7. The number of carbonyl (C=O) groups is 2. The second-order valence-electron chi connectivity index (χ2n) is 5.35. The summed E-state index contributed by atoms with van der Waals surface area (Å²) in [7, 11) is 0. The Morgan fingerprint density at radius 3 is 2.59 bits per heavy atom. The number of hydrogen-bond acceptors (Lipinski definition) is 4. The zero-order valence-electron chi connectivity index (χ0n) is 13.8. The molecule has 0 radical (unpaired) electrons. The Labute approximate surface area is 166 Å². The van der Waals surface area contributed by atoms with Crippen LogP contribution in [-0.4, -0.2) is 36.1 Å². The molecule has 27 heavy (non-hydrogen) atoms. The number of pyridine rings is 1. The molecule has 0 bridgehead atoms. The van der Waals surface area contributed by atoms with Crippen molar-refractivity contribution in [3.8, 4) is 5.88 Å². The summed E-state index contributed by atoms with van der Waals surface area (Å²) in [5.74, 6) is -1.00. The fourth-order valence-corrected chi connectivity index (χ4v) is 2.59. The van der Waals surface area contributed by atoms with Crippen molar-refractivity contribution in [2.45, 2.75) is 12.7 Å². The minimum atomic E-state index is -4.46. The van der Waals surface area contributed by atoms with Gasteiger partial charge in [0.1, 0.15) is 0 Å². The quantitative estimate of drug-likeness (QED) is 0.582. The van der Waals surface area contributed by atoms with Gasteiger partial charge in [0.2, 0.25) is 11.8 Å². The number of nitrogens with zero attached hydrogens (tertiary/aromatic N) is 1. The molecule has 2 amide bonds. The van der Waals surface area contributed by atoms with Crippen LogP contribution in [0.1, 0.15) is 15.9 Å². The Morgan fingerprint density at radius 1 is 1.15 bits per heavy atom. The van der Waals surface area contributed by atoms with Crippen molar-refractivity contribution in [1.29, 1.82) is 0 Å². The van der Waals surface area contributed by atoms with Gasteiger partial charge < -0.3 is 15.4 Å². The van der Waals surface area contributed by atoms with Crippen LogP contribution in [0.25, 0.3) is 0 Å². The van der Waals surface area contributed by atoms with Crippen LogP contribution < -0.4 is 15.4 Å². The van der Waals surface area contributed by atoms with E-state index in [1.165, 1.54) is 18.3 Å². The molecule has 2 aromatic rings. The van der Waals surface area contributed by atoms with Gasteiger partial charge in [-0.1, -0.05) is 12.1 Å². The van der Waals surface area contributed by atoms with Crippen molar-refractivity contribution in [3.05, 3.63) is 57.3 Å². The van der Waals surface area contributed by atoms with E-state index in [0.717, 1.165) is 3.57 Å². The molecule has 144 valence electrons. The molecule has 0 fully saturated rings. The van der Waals surface area contributed by atoms with Gasteiger partial charge >= 0.3 is 6.18 Å². The van der Waals surface area contributed by atoms with Crippen LogP contribution in [0.15, 0.2) is 42.6 Å². The molecule has 0 atom stereocenters. The van der Waals surface area contributed by atoms with Gasteiger partial charge in [-0.25, -0.2) is 4.98 Å². The molecule has 1 heterocycles. The lowest BCUT2D eigenvalue weighted by molar-refractivity contribution is -0.154. The molecule has 0 saturated carbocycles. The van der Waals surface area contributed by atoms with E-state index >= 15 is 0 Å². The minimum Gasteiger partial charge on any atom is -0.468 e. The maximum Gasteiger partial charge on any atom is 0.422 e. The van der Waals surface area contributed by atoms with E-state index in [-0.39, 0.29) is 24.9 Å². The van der Waals surface area contributed by atoms with Crippen LogP contribution in [0.2, 0.25) is 0 Å². The molecule has 1 aromatic carbocycles. The molecule has 2 rings (SSSR count). The van der Waals surface area contributed by atoms with Crippen molar-refractivity contribution in [1.82, 2.24) is 15.6 Å². The third kappa shape index (κ3) is 7.41. The monoisotopic (exact) mass is 493 g/mol. The molecule has 2 N–H and O–H groups in total. The zero-order chi connectivity index (χ0) is 19.9. The number of alkyl halides is 3. The average Bonchev–Trinajstić information content (AvgIpc) is 2.63. The van der Waals surface area contributed by atoms with E-state index in [1.54, 1.807) is 24.3 Å². The molecule has 0 aliphatic rings. The third-order valence-electron chi connectivity index (χ3n) is 3.20. The Morgan fingerprint density at radius 2 is 1.89 bits per heavy atom. The number of nitrogens with one attached hydrogen (secondary N) is 2. The first-order valence-electron chi connectivity index (χ1n) is 7.68. The molecule has 10 heteroatoms. The van der Waals surface area contributed by atoms with Gasteiger partial charge in [0.25, 0.3) is 5.91 Å². The standard InChI is InChI=1S/C17H15F3IN3O3/c18-17(19,20)10-27-15-7-11(5-6-22-15)8-23-14(25)9-24-16(26)12-3-1-2-4-13(12)21/h1-7H,8-10H2,(H,23,25)(H,24,26). The summed E-state index contributed by atoms with van der Waals surface area (Å²) in [6.07, 6.45) is -3.17. The number of amides is 2. The van der Waals surface area contributed by atoms with Crippen molar-refractivity contribution in [2.24, 2.45) is 0 Å². The van der Waals surface area contributed by atoms with Crippen molar-refractivity contribution < 1.29 is 27.5 Å². The van der Waals surface area contributed by atoms with Gasteiger partial charge in [0.15, 0.2) is 6.61 Å². The van der Waals surface area contributed by atoms with Crippen LogP contribution in [0.3, 0.4) is 0 Å². The highest BCUT2D eigenvalue weighted by molar-refractivity contribution is 14.1. The number of benzene rings is 1. The number of ether oxygens (including phenoxy) is 1. The summed E-state index contributed by atoms with van der Waals surface area (Å²) < 4.78 is 41.8. The number of aromatic nitrogens is 1. The summed E-state index contributed by atoms with van der Waals surface area (Å²) in [6, 6.07) is 9.78. The number of hydrogen-bond donors (Lipinski definition) is 2. The van der Waals surface area contributed by atoms with Gasteiger partial charge in [0, 0.05) is 22.4 Å². The van der Waals surface area contributed by atoms with E-state index in [9.17, 15) is 22.8 Å². The molecule has 0 spiro atoms. The summed E-state index contributed by atoms with van der Waals surface area (Å²) in [5, 5.41) is 5.07. The van der Waals surface area contributed by atoms with Crippen LogP contribution in [-0.2, 0) is 11.3 Å². The SMILES string of the molecule is O=C(CNC(=O)c1ccccc1I)NCc1ccnc(OCC(F)(F)F)c1.